The number of rotatable bonds is 9. The summed E-state index contributed by atoms with van der Waals surface area (Å²) in [7, 11) is 1.62. The highest BCUT2D eigenvalue weighted by atomic mass is 16.5. The molecule has 0 bridgehead atoms. The summed E-state index contributed by atoms with van der Waals surface area (Å²) < 4.78 is 5.30. The molecule has 1 aliphatic rings. The molecule has 0 unspecified atom stereocenters. The Labute approximate surface area is 208 Å². The number of amides is 2. The van der Waals surface area contributed by atoms with Gasteiger partial charge in [0.2, 0.25) is 0 Å². The molecular formula is C29H34N4O2. The van der Waals surface area contributed by atoms with Crippen LogP contribution in [0.25, 0.3) is 11.1 Å². The monoisotopic (exact) mass is 470 g/mol. The van der Waals surface area contributed by atoms with Gasteiger partial charge in [-0.1, -0.05) is 67.2 Å². The zero-order chi connectivity index (χ0) is 24.5. The van der Waals surface area contributed by atoms with Crippen molar-refractivity contribution in [3.05, 3.63) is 96.6 Å². The minimum absolute atomic E-state index is 0.160. The van der Waals surface area contributed by atoms with Gasteiger partial charge in [0.05, 0.1) is 7.11 Å². The Hall–Kier alpha value is -3.61. The average molecular weight is 471 g/mol. The van der Waals surface area contributed by atoms with Crippen LogP contribution in [0.15, 0.2) is 91.0 Å². The van der Waals surface area contributed by atoms with Crippen molar-refractivity contribution in [1.29, 1.82) is 0 Å². The van der Waals surface area contributed by atoms with Crippen molar-refractivity contribution >= 4 is 11.7 Å². The number of benzene rings is 3. The lowest BCUT2D eigenvalue weighted by Gasteiger charge is -2.30. The minimum atomic E-state index is -0.160. The average Bonchev–Trinajstić information content (AvgIpc) is 2.90. The lowest BCUT2D eigenvalue weighted by Crippen LogP contribution is -2.45. The van der Waals surface area contributed by atoms with E-state index in [0.29, 0.717) is 24.5 Å². The second-order valence-electron chi connectivity index (χ2n) is 8.86. The SMILES string of the molecule is C=C(CN1CCNCC1)CN(Cc1ccc(-c2ccccc2)cc1)C(=O)Nc1cccc(OC)c1. The molecule has 1 heterocycles. The summed E-state index contributed by atoms with van der Waals surface area (Å²) in [6.07, 6.45) is 0. The number of anilines is 1. The Kier molecular flexibility index (Phi) is 8.54. The van der Waals surface area contributed by atoms with Crippen molar-refractivity contribution in [2.24, 2.45) is 0 Å². The second kappa shape index (κ2) is 12.2. The van der Waals surface area contributed by atoms with Gasteiger partial charge < -0.3 is 20.3 Å². The van der Waals surface area contributed by atoms with E-state index in [1.165, 1.54) is 5.56 Å². The first-order chi connectivity index (χ1) is 17.1. The Morgan fingerprint density at radius 3 is 2.43 bits per heavy atom. The number of ether oxygens (including phenoxy) is 1. The van der Waals surface area contributed by atoms with E-state index in [4.69, 9.17) is 4.74 Å². The number of carbonyl (C=O) groups excluding carboxylic acids is 1. The number of hydrogen-bond acceptors (Lipinski definition) is 4. The topological polar surface area (TPSA) is 56.8 Å². The molecule has 0 atom stereocenters. The van der Waals surface area contributed by atoms with Gasteiger partial charge in [0.25, 0.3) is 0 Å². The van der Waals surface area contributed by atoms with Crippen LogP contribution >= 0.6 is 0 Å². The maximum atomic E-state index is 13.3. The summed E-state index contributed by atoms with van der Waals surface area (Å²) in [5.74, 6) is 0.703. The van der Waals surface area contributed by atoms with Crippen LogP contribution in [0, 0.1) is 0 Å². The predicted molar refractivity (Wildman–Crippen MR) is 143 cm³/mol. The van der Waals surface area contributed by atoms with Crippen LogP contribution in [0.2, 0.25) is 0 Å². The lowest BCUT2D eigenvalue weighted by molar-refractivity contribution is 0.209. The smallest absolute Gasteiger partial charge is 0.322 e. The zero-order valence-corrected chi connectivity index (χ0v) is 20.4. The number of urea groups is 1. The van der Waals surface area contributed by atoms with Gasteiger partial charge in [-0.05, 0) is 34.4 Å². The van der Waals surface area contributed by atoms with E-state index >= 15 is 0 Å². The summed E-state index contributed by atoms with van der Waals surface area (Å²) in [6.45, 7) is 10.0. The molecule has 3 aromatic carbocycles. The molecule has 0 aromatic heterocycles. The quantitative estimate of drug-likeness (QED) is 0.439. The van der Waals surface area contributed by atoms with E-state index < -0.39 is 0 Å². The van der Waals surface area contributed by atoms with Gasteiger partial charge >= 0.3 is 6.03 Å². The maximum absolute atomic E-state index is 13.3. The molecule has 0 aliphatic carbocycles. The summed E-state index contributed by atoms with van der Waals surface area (Å²) in [6, 6.07) is 25.9. The molecule has 182 valence electrons. The third-order valence-electron chi connectivity index (χ3n) is 6.11. The Morgan fingerprint density at radius 2 is 1.71 bits per heavy atom. The molecule has 1 aliphatic heterocycles. The van der Waals surface area contributed by atoms with Crippen LogP contribution in [0.3, 0.4) is 0 Å². The molecule has 4 rings (SSSR count). The summed E-state index contributed by atoms with van der Waals surface area (Å²) in [5.41, 5.74) is 5.13. The number of nitrogens with zero attached hydrogens (tertiary/aromatic N) is 2. The number of hydrogen-bond donors (Lipinski definition) is 2. The molecule has 1 fully saturated rings. The fourth-order valence-electron chi connectivity index (χ4n) is 4.26. The van der Waals surface area contributed by atoms with Crippen molar-refractivity contribution in [1.82, 2.24) is 15.1 Å². The maximum Gasteiger partial charge on any atom is 0.322 e. The summed E-state index contributed by atoms with van der Waals surface area (Å²) in [4.78, 5) is 17.5. The second-order valence-corrected chi connectivity index (χ2v) is 8.86. The number of carbonyl (C=O) groups is 1. The Morgan fingerprint density at radius 1 is 1.00 bits per heavy atom. The molecule has 2 amide bonds. The lowest BCUT2D eigenvalue weighted by atomic mass is 10.0. The van der Waals surface area contributed by atoms with Gasteiger partial charge in [0.1, 0.15) is 5.75 Å². The van der Waals surface area contributed by atoms with E-state index in [1.807, 2.05) is 47.4 Å². The van der Waals surface area contributed by atoms with Crippen molar-refractivity contribution in [3.8, 4) is 16.9 Å². The van der Waals surface area contributed by atoms with E-state index in [0.717, 1.165) is 49.4 Å². The van der Waals surface area contributed by atoms with Crippen LogP contribution in [0.4, 0.5) is 10.5 Å². The fourth-order valence-corrected chi connectivity index (χ4v) is 4.26. The van der Waals surface area contributed by atoms with Crippen molar-refractivity contribution in [2.45, 2.75) is 6.54 Å². The largest absolute Gasteiger partial charge is 0.497 e. The highest BCUT2D eigenvalue weighted by molar-refractivity contribution is 5.89. The number of nitrogens with one attached hydrogen (secondary N) is 2. The molecule has 35 heavy (non-hydrogen) atoms. The Bertz CT molecular complexity index is 1110. The van der Waals surface area contributed by atoms with Gasteiger partial charge in [-0.3, -0.25) is 4.90 Å². The van der Waals surface area contributed by atoms with Crippen molar-refractivity contribution < 1.29 is 9.53 Å². The van der Waals surface area contributed by atoms with Crippen LogP contribution in [-0.4, -0.2) is 62.2 Å². The van der Waals surface area contributed by atoms with Crippen LogP contribution in [-0.2, 0) is 6.54 Å². The van der Waals surface area contributed by atoms with Gasteiger partial charge in [-0.25, -0.2) is 4.79 Å². The molecule has 6 heteroatoms. The van der Waals surface area contributed by atoms with Gasteiger partial charge in [-0.2, -0.15) is 0 Å². The first-order valence-corrected chi connectivity index (χ1v) is 12.0. The van der Waals surface area contributed by atoms with E-state index in [1.54, 1.807) is 7.11 Å². The predicted octanol–water partition coefficient (Wildman–Crippen LogP) is 4.86. The fraction of sp³-hybridized carbons (Fsp3) is 0.276. The third kappa shape index (κ3) is 7.18. The van der Waals surface area contributed by atoms with Crippen molar-refractivity contribution in [2.75, 3.05) is 51.7 Å². The molecule has 2 N–H and O–H groups in total. The molecule has 3 aromatic rings. The summed E-state index contributed by atoms with van der Waals surface area (Å²) >= 11 is 0. The van der Waals surface area contributed by atoms with E-state index in [9.17, 15) is 4.79 Å². The first kappa shape index (κ1) is 24.5. The number of methoxy groups -OCH3 is 1. The molecule has 0 spiro atoms. The van der Waals surface area contributed by atoms with Crippen LogP contribution in [0.1, 0.15) is 5.56 Å². The van der Waals surface area contributed by atoms with E-state index in [-0.39, 0.29) is 6.03 Å². The highest BCUT2D eigenvalue weighted by Crippen LogP contribution is 2.21. The van der Waals surface area contributed by atoms with Gasteiger partial charge in [0, 0.05) is 57.6 Å². The standard InChI is InChI=1S/C29H34N4O2/c1-23(20-32-17-15-30-16-18-32)21-33(29(34)31-27-9-6-10-28(19-27)35-2)22-24-11-13-26(14-12-24)25-7-4-3-5-8-25/h3-14,19,30H,1,15-18,20-22H2,2H3,(H,31,34). The third-order valence-corrected chi connectivity index (χ3v) is 6.11. The van der Waals surface area contributed by atoms with Gasteiger partial charge in [0.15, 0.2) is 0 Å². The molecule has 1 saturated heterocycles. The van der Waals surface area contributed by atoms with Crippen LogP contribution < -0.4 is 15.4 Å². The minimum Gasteiger partial charge on any atom is -0.497 e. The zero-order valence-electron chi connectivity index (χ0n) is 20.4. The normalized spacial score (nSPS) is 13.7. The van der Waals surface area contributed by atoms with E-state index in [2.05, 4.69) is 58.5 Å². The molecule has 0 saturated carbocycles. The molecule has 6 nitrogen and oxygen atoms in total. The van der Waals surface area contributed by atoms with Crippen molar-refractivity contribution in [3.63, 3.8) is 0 Å². The van der Waals surface area contributed by atoms with Gasteiger partial charge in [-0.15, -0.1) is 0 Å². The molecular weight excluding hydrogens is 436 g/mol. The van der Waals surface area contributed by atoms with Crippen LogP contribution in [0.5, 0.6) is 5.75 Å². The molecule has 0 radical (unpaired) electrons. The number of piperazine rings is 1. The highest BCUT2D eigenvalue weighted by Gasteiger charge is 2.18. The summed E-state index contributed by atoms with van der Waals surface area (Å²) in [5, 5.41) is 6.40. The first-order valence-electron chi connectivity index (χ1n) is 12.0. The Balaban J connectivity index is 1.47.